The third-order valence-corrected chi connectivity index (χ3v) is 5.30. The molecule has 4 aliphatic rings. The van der Waals surface area contributed by atoms with Crippen LogP contribution in [0.5, 0.6) is 0 Å². The average Bonchev–Trinajstić information content (AvgIpc) is 2.12. The second-order valence-electron chi connectivity index (χ2n) is 4.98. The van der Waals surface area contributed by atoms with E-state index in [4.69, 9.17) is 10.5 Å². The number of nitriles is 2. The summed E-state index contributed by atoms with van der Waals surface area (Å²) in [5.74, 6) is 2.55. The van der Waals surface area contributed by atoms with Crippen LogP contribution in [0.2, 0.25) is 0 Å². The quantitative estimate of drug-likeness (QED) is 0.530. The van der Waals surface area contributed by atoms with Crippen LogP contribution in [0.3, 0.4) is 0 Å². The van der Waals surface area contributed by atoms with Crippen molar-refractivity contribution in [1.82, 2.24) is 0 Å². The van der Waals surface area contributed by atoms with Crippen molar-refractivity contribution in [2.75, 3.05) is 0 Å². The lowest BCUT2D eigenvalue weighted by Gasteiger charge is -2.91. The lowest BCUT2D eigenvalue weighted by molar-refractivity contribution is -0.437. The molecule has 0 aromatic carbocycles. The Hall–Kier alpha value is -1.02. The molecule has 2 nitrogen and oxygen atoms in total. The van der Waals surface area contributed by atoms with Crippen molar-refractivity contribution in [2.45, 2.75) is 12.8 Å². The van der Waals surface area contributed by atoms with Gasteiger partial charge in [0, 0.05) is 0 Å². The van der Waals surface area contributed by atoms with Crippen molar-refractivity contribution in [1.29, 1.82) is 10.5 Å². The maximum absolute atomic E-state index is 9.02. The molecule has 4 fully saturated rings. The van der Waals surface area contributed by atoms with Gasteiger partial charge in [-0.1, -0.05) is 0 Å². The normalized spacial score (nSPS) is 72.8. The van der Waals surface area contributed by atoms with Crippen LogP contribution in [0.25, 0.3) is 0 Å². The van der Waals surface area contributed by atoms with Crippen LogP contribution in [-0.4, -0.2) is 0 Å². The molecule has 12 heavy (non-hydrogen) atoms. The molecule has 0 heterocycles. The van der Waals surface area contributed by atoms with E-state index < -0.39 is 0 Å². The van der Waals surface area contributed by atoms with Gasteiger partial charge >= 0.3 is 0 Å². The molecule has 0 spiro atoms. The molecule has 6 atom stereocenters. The zero-order valence-electron chi connectivity index (χ0n) is 6.62. The Bertz CT molecular complexity index is 332. The van der Waals surface area contributed by atoms with Gasteiger partial charge in [-0.15, -0.1) is 0 Å². The summed E-state index contributed by atoms with van der Waals surface area (Å²) < 4.78 is 0. The first kappa shape index (κ1) is 5.60. The zero-order valence-corrected chi connectivity index (χ0v) is 6.62. The van der Waals surface area contributed by atoms with E-state index in [0.29, 0.717) is 23.7 Å². The maximum atomic E-state index is 9.02. The minimum absolute atomic E-state index is 0.0773. The number of fused-ring (bicyclic) bond motifs is 2. The zero-order chi connectivity index (χ0) is 8.14. The number of hydrogen-bond acceptors (Lipinski definition) is 2. The maximum Gasteiger partial charge on any atom is 0.0696 e. The summed E-state index contributed by atoms with van der Waals surface area (Å²) in [5, 5.41) is 18.0. The summed E-state index contributed by atoms with van der Waals surface area (Å²) in [6.07, 6.45) is 2.09. The Balaban J connectivity index is 1.85. The van der Waals surface area contributed by atoms with Crippen LogP contribution in [0.4, 0.5) is 0 Å². The van der Waals surface area contributed by atoms with Crippen LogP contribution in [0, 0.1) is 57.2 Å². The summed E-state index contributed by atoms with van der Waals surface area (Å²) in [5.41, 5.74) is 0.155. The van der Waals surface area contributed by atoms with Crippen molar-refractivity contribution in [3.05, 3.63) is 0 Å². The van der Waals surface area contributed by atoms with E-state index >= 15 is 0 Å². The molecule has 4 aliphatic carbocycles. The van der Waals surface area contributed by atoms with E-state index in [0.717, 1.165) is 12.8 Å². The standard InChI is InChI=1S/C10H8N2/c11-3-9-1-5-7(9)8-6(9)2-10(5,8)4-12/h5-8H,1-2H2/t5-,6?,7?,8?,9+,10+/m0/s1. The van der Waals surface area contributed by atoms with Crippen molar-refractivity contribution in [3.63, 3.8) is 0 Å². The van der Waals surface area contributed by atoms with E-state index in [1.54, 1.807) is 0 Å². The molecule has 4 saturated carbocycles. The van der Waals surface area contributed by atoms with Crippen LogP contribution < -0.4 is 0 Å². The summed E-state index contributed by atoms with van der Waals surface area (Å²) in [4.78, 5) is 0. The molecular formula is C10H8N2. The Kier molecular flexibility index (Phi) is 0.516. The van der Waals surface area contributed by atoms with Crippen molar-refractivity contribution < 1.29 is 0 Å². The van der Waals surface area contributed by atoms with Gasteiger partial charge in [0.15, 0.2) is 0 Å². The first-order valence-corrected chi connectivity index (χ1v) is 4.63. The number of rotatable bonds is 0. The fourth-order valence-corrected chi connectivity index (χ4v) is 4.76. The van der Waals surface area contributed by atoms with E-state index in [1.807, 2.05) is 0 Å². The second kappa shape index (κ2) is 1.11. The predicted molar refractivity (Wildman–Crippen MR) is 39.3 cm³/mol. The lowest BCUT2D eigenvalue weighted by atomic mass is 9.10. The van der Waals surface area contributed by atoms with Crippen molar-refractivity contribution in [2.24, 2.45) is 34.5 Å². The van der Waals surface area contributed by atoms with Gasteiger partial charge in [0.05, 0.1) is 23.0 Å². The molecule has 0 N–H and O–H groups in total. The molecule has 0 saturated heterocycles. The van der Waals surface area contributed by atoms with E-state index in [2.05, 4.69) is 12.1 Å². The highest BCUT2D eigenvalue weighted by Gasteiger charge is 2.93. The van der Waals surface area contributed by atoms with Gasteiger partial charge in [-0.2, -0.15) is 10.5 Å². The molecule has 2 heteroatoms. The topological polar surface area (TPSA) is 47.6 Å². The third kappa shape index (κ3) is 0.220. The van der Waals surface area contributed by atoms with Gasteiger partial charge < -0.3 is 0 Å². The van der Waals surface area contributed by atoms with E-state index in [9.17, 15) is 0 Å². The molecule has 0 amide bonds. The molecule has 0 radical (unpaired) electrons. The first-order valence-electron chi connectivity index (χ1n) is 4.63. The molecule has 4 rings (SSSR count). The fourth-order valence-electron chi connectivity index (χ4n) is 4.76. The Morgan fingerprint density at radius 2 is 1.33 bits per heavy atom. The monoisotopic (exact) mass is 156 g/mol. The molecule has 58 valence electrons. The van der Waals surface area contributed by atoms with Gasteiger partial charge in [0.1, 0.15) is 0 Å². The van der Waals surface area contributed by atoms with Crippen LogP contribution >= 0.6 is 0 Å². The fraction of sp³-hybridized carbons (Fsp3) is 0.800. The molecule has 0 aromatic heterocycles. The molecular weight excluding hydrogens is 148 g/mol. The third-order valence-electron chi connectivity index (χ3n) is 5.30. The minimum atomic E-state index is 0.0773. The Morgan fingerprint density at radius 1 is 0.917 bits per heavy atom. The SMILES string of the molecule is N#C[C@@]12C[C@H]3C1C1C2C[C@]13C#N. The Morgan fingerprint density at radius 3 is 1.50 bits per heavy atom. The van der Waals surface area contributed by atoms with Gasteiger partial charge in [-0.25, -0.2) is 0 Å². The van der Waals surface area contributed by atoms with Gasteiger partial charge in [-0.05, 0) is 36.5 Å². The Labute approximate surface area is 70.8 Å². The summed E-state index contributed by atoms with van der Waals surface area (Å²) in [6.45, 7) is 0. The average molecular weight is 156 g/mol. The smallest absolute Gasteiger partial charge is 0.0696 e. The minimum Gasteiger partial charge on any atom is -0.198 e. The summed E-state index contributed by atoms with van der Waals surface area (Å²) in [6, 6.07) is 4.99. The van der Waals surface area contributed by atoms with Gasteiger partial charge in [-0.3, -0.25) is 0 Å². The number of nitrogens with zero attached hydrogens (tertiary/aromatic N) is 2. The van der Waals surface area contributed by atoms with Gasteiger partial charge in [0.25, 0.3) is 0 Å². The molecule has 0 bridgehead atoms. The highest BCUT2D eigenvalue weighted by molar-refractivity contribution is 5.47. The first-order chi connectivity index (χ1) is 5.80. The lowest BCUT2D eigenvalue weighted by Crippen LogP contribution is -2.90. The molecule has 0 aliphatic heterocycles. The summed E-state index contributed by atoms with van der Waals surface area (Å²) in [7, 11) is 0. The highest BCUT2D eigenvalue weighted by atomic mass is 14.9. The summed E-state index contributed by atoms with van der Waals surface area (Å²) >= 11 is 0. The van der Waals surface area contributed by atoms with Crippen LogP contribution in [0.15, 0.2) is 0 Å². The van der Waals surface area contributed by atoms with Gasteiger partial charge in [0.2, 0.25) is 0 Å². The van der Waals surface area contributed by atoms with Crippen LogP contribution in [0.1, 0.15) is 12.8 Å². The van der Waals surface area contributed by atoms with E-state index in [1.165, 1.54) is 0 Å². The van der Waals surface area contributed by atoms with Crippen molar-refractivity contribution >= 4 is 0 Å². The largest absolute Gasteiger partial charge is 0.198 e. The van der Waals surface area contributed by atoms with Crippen molar-refractivity contribution in [3.8, 4) is 12.1 Å². The van der Waals surface area contributed by atoms with Crippen LogP contribution in [-0.2, 0) is 0 Å². The predicted octanol–water partition coefficient (Wildman–Crippen LogP) is 1.31. The highest BCUT2D eigenvalue weighted by Crippen LogP contribution is 2.94. The second-order valence-corrected chi connectivity index (χ2v) is 4.98. The number of hydrogen-bond donors (Lipinski definition) is 0. The van der Waals surface area contributed by atoms with E-state index in [-0.39, 0.29) is 10.8 Å². The molecule has 3 unspecified atom stereocenters. The molecule has 0 aromatic rings.